The molecule has 0 aromatic heterocycles. The van der Waals surface area contributed by atoms with Crippen molar-refractivity contribution < 1.29 is 24.6 Å². The molecule has 5 N–H and O–H groups in total. The highest BCUT2D eigenvalue weighted by atomic mass is 16.4. The average Bonchev–Trinajstić information content (AvgIpc) is 2.78. The molecule has 0 spiro atoms. The van der Waals surface area contributed by atoms with Gasteiger partial charge < -0.3 is 21.3 Å². The zero-order valence-electron chi connectivity index (χ0n) is 18.2. The second-order valence-corrected chi connectivity index (χ2v) is 8.03. The summed E-state index contributed by atoms with van der Waals surface area (Å²) in [5.74, 6) is -3.95. The zero-order valence-corrected chi connectivity index (χ0v) is 18.2. The van der Waals surface area contributed by atoms with Crippen molar-refractivity contribution in [1.82, 2.24) is 5.32 Å². The summed E-state index contributed by atoms with van der Waals surface area (Å²) in [6, 6.07) is 17.6. The van der Waals surface area contributed by atoms with Gasteiger partial charge in [-0.1, -0.05) is 60.7 Å². The van der Waals surface area contributed by atoms with E-state index < -0.39 is 35.7 Å². The molecule has 7 nitrogen and oxygen atoms in total. The predicted octanol–water partition coefficient (Wildman–Crippen LogP) is 2.88. The second-order valence-electron chi connectivity index (χ2n) is 8.03. The second kappa shape index (κ2) is 13.3. The molecule has 2 rings (SSSR count). The lowest BCUT2D eigenvalue weighted by molar-refractivity contribution is -0.145. The van der Waals surface area contributed by atoms with Crippen LogP contribution in [0.4, 0.5) is 0 Å². The average molecular weight is 441 g/mol. The maximum absolute atomic E-state index is 13.1. The van der Waals surface area contributed by atoms with Crippen molar-refractivity contribution in [2.24, 2.45) is 17.6 Å². The van der Waals surface area contributed by atoms with Gasteiger partial charge in [0.15, 0.2) is 0 Å². The van der Waals surface area contributed by atoms with E-state index in [1.165, 1.54) is 0 Å². The first kappa shape index (κ1) is 25.1. The van der Waals surface area contributed by atoms with Crippen LogP contribution in [0.3, 0.4) is 0 Å². The minimum absolute atomic E-state index is 0.111. The van der Waals surface area contributed by atoms with E-state index in [-0.39, 0.29) is 12.8 Å². The molecule has 0 aliphatic heterocycles. The Balaban J connectivity index is 2.18. The molecule has 2 aromatic rings. The number of carbonyl (C=O) groups excluding carboxylic acids is 1. The molecule has 32 heavy (non-hydrogen) atoms. The molecule has 0 saturated heterocycles. The van der Waals surface area contributed by atoms with Gasteiger partial charge >= 0.3 is 11.9 Å². The predicted molar refractivity (Wildman–Crippen MR) is 122 cm³/mol. The van der Waals surface area contributed by atoms with E-state index in [2.05, 4.69) is 5.32 Å². The van der Waals surface area contributed by atoms with Crippen LogP contribution in [-0.4, -0.2) is 40.6 Å². The van der Waals surface area contributed by atoms with Gasteiger partial charge in [0.05, 0.1) is 5.92 Å². The van der Waals surface area contributed by atoms with Crippen LogP contribution in [0.5, 0.6) is 0 Å². The van der Waals surface area contributed by atoms with Gasteiger partial charge in [0.25, 0.3) is 0 Å². The van der Waals surface area contributed by atoms with Gasteiger partial charge in [-0.25, -0.2) is 4.79 Å². The Bertz CT molecular complexity index is 857. The molecule has 0 fully saturated rings. The molecule has 0 aliphatic rings. The lowest BCUT2D eigenvalue weighted by Crippen LogP contribution is -2.45. The summed E-state index contributed by atoms with van der Waals surface area (Å²) < 4.78 is 0. The highest BCUT2D eigenvalue weighted by molar-refractivity contribution is 5.85. The van der Waals surface area contributed by atoms with Crippen LogP contribution < -0.4 is 11.1 Å². The van der Waals surface area contributed by atoms with Gasteiger partial charge in [0.1, 0.15) is 6.04 Å². The first-order valence-electron chi connectivity index (χ1n) is 10.9. The van der Waals surface area contributed by atoms with Crippen LogP contribution in [0, 0.1) is 11.8 Å². The fraction of sp³-hybridized carbons (Fsp3) is 0.400. The Kier molecular flexibility index (Phi) is 10.4. The van der Waals surface area contributed by atoms with Gasteiger partial charge in [-0.2, -0.15) is 0 Å². The monoisotopic (exact) mass is 440 g/mol. The smallest absolute Gasteiger partial charge is 0.326 e. The maximum atomic E-state index is 13.1. The molecule has 0 aliphatic carbocycles. The van der Waals surface area contributed by atoms with Crippen molar-refractivity contribution in [2.45, 2.75) is 44.6 Å². The molecule has 2 aromatic carbocycles. The first-order chi connectivity index (χ1) is 15.4. The van der Waals surface area contributed by atoms with Gasteiger partial charge in [-0.05, 0) is 56.2 Å². The Morgan fingerprint density at radius 2 is 1.31 bits per heavy atom. The normalized spacial score (nSPS) is 13.7. The SMILES string of the molecule is NCCCC[C@H](NC(=O)[C@H](Cc1ccccc1)C[C@@H](Cc1ccccc1)C(=O)O)C(=O)O. The van der Waals surface area contributed by atoms with Crippen LogP contribution in [0.25, 0.3) is 0 Å². The summed E-state index contributed by atoms with van der Waals surface area (Å²) in [7, 11) is 0. The van der Waals surface area contributed by atoms with Gasteiger partial charge in [-0.15, -0.1) is 0 Å². The number of hydrogen-bond acceptors (Lipinski definition) is 4. The Labute approximate surface area is 188 Å². The Morgan fingerprint density at radius 1 is 0.781 bits per heavy atom. The molecule has 0 radical (unpaired) electrons. The number of carboxylic acids is 2. The fourth-order valence-electron chi connectivity index (χ4n) is 3.73. The van der Waals surface area contributed by atoms with E-state index >= 15 is 0 Å². The number of aliphatic carboxylic acids is 2. The molecular weight excluding hydrogens is 408 g/mol. The van der Waals surface area contributed by atoms with Crippen LogP contribution in [0.1, 0.15) is 36.8 Å². The van der Waals surface area contributed by atoms with Crippen molar-refractivity contribution >= 4 is 17.8 Å². The first-order valence-corrected chi connectivity index (χ1v) is 10.9. The Hall–Kier alpha value is -3.19. The van der Waals surface area contributed by atoms with Crippen LogP contribution >= 0.6 is 0 Å². The molecule has 0 heterocycles. The molecule has 1 amide bonds. The van der Waals surface area contributed by atoms with Gasteiger partial charge in [-0.3, -0.25) is 9.59 Å². The Morgan fingerprint density at radius 3 is 1.78 bits per heavy atom. The van der Waals surface area contributed by atoms with Crippen molar-refractivity contribution in [3.8, 4) is 0 Å². The largest absolute Gasteiger partial charge is 0.481 e. The van der Waals surface area contributed by atoms with Crippen molar-refractivity contribution in [3.05, 3.63) is 71.8 Å². The maximum Gasteiger partial charge on any atom is 0.326 e. The van der Waals surface area contributed by atoms with Crippen molar-refractivity contribution in [3.63, 3.8) is 0 Å². The topological polar surface area (TPSA) is 130 Å². The number of nitrogens with one attached hydrogen (secondary N) is 1. The third-order valence-electron chi connectivity index (χ3n) is 5.50. The molecule has 172 valence electrons. The third kappa shape index (κ3) is 8.51. The highest BCUT2D eigenvalue weighted by Crippen LogP contribution is 2.22. The standard InChI is InChI=1S/C25H32N2O5/c26-14-8-7-13-22(25(31)32)27-23(28)20(15-18-9-3-1-4-10-18)17-21(24(29)30)16-19-11-5-2-6-12-19/h1-6,9-12,20-22H,7-8,13-17,26H2,(H,27,28)(H,29,30)(H,31,32)/t20-,21-,22+/m1/s1. The molecule has 7 heteroatoms. The summed E-state index contributed by atoms with van der Waals surface area (Å²) in [4.78, 5) is 36.7. The lowest BCUT2D eigenvalue weighted by atomic mass is 9.85. The van der Waals surface area contributed by atoms with E-state index in [0.717, 1.165) is 11.1 Å². The van der Waals surface area contributed by atoms with E-state index in [1.807, 2.05) is 60.7 Å². The van der Waals surface area contributed by atoms with Crippen LogP contribution in [0.15, 0.2) is 60.7 Å². The number of carbonyl (C=O) groups is 3. The van der Waals surface area contributed by atoms with E-state index in [4.69, 9.17) is 5.73 Å². The number of hydrogen-bond donors (Lipinski definition) is 4. The zero-order chi connectivity index (χ0) is 23.3. The van der Waals surface area contributed by atoms with Crippen molar-refractivity contribution in [1.29, 1.82) is 0 Å². The minimum atomic E-state index is -1.10. The number of carboxylic acid groups (broad SMARTS) is 2. The van der Waals surface area contributed by atoms with E-state index in [1.54, 1.807) is 0 Å². The summed E-state index contributed by atoms with van der Waals surface area (Å²) in [5.41, 5.74) is 7.26. The number of nitrogens with two attached hydrogens (primary N) is 1. The quantitative estimate of drug-likeness (QED) is 0.334. The highest BCUT2D eigenvalue weighted by Gasteiger charge is 2.30. The molecular formula is C25H32N2O5. The fourth-order valence-corrected chi connectivity index (χ4v) is 3.73. The molecule has 3 atom stereocenters. The molecule has 0 saturated carbocycles. The number of rotatable bonds is 14. The number of amides is 1. The number of unbranched alkanes of at least 4 members (excludes halogenated alkanes) is 1. The van der Waals surface area contributed by atoms with Gasteiger partial charge in [0, 0.05) is 5.92 Å². The van der Waals surface area contributed by atoms with Crippen molar-refractivity contribution in [2.75, 3.05) is 6.54 Å². The lowest BCUT2D eigenvalue weighted by Gasteiger charge is -2.23. The summed E-state index contributed by atoms with van der Waals surface area (Å²) in [6.45, 7) is 0.455. The minimum Gasteiger partial charge on any atom is -0.481 e. The van der Waals surface area contributed by atoms with Crippen LogP contribution in [-0.2, 0) is 27.2 Å². The van der Waals surface area contributed by atoms with Crippen LogP contribution in [0.2, 0.25) is 0 Å². The summed E-state index contributed by atoms with van der Waals surface area (Å²) in [6.07, 6.45) is 2.28. The third-order valence-corrected chi connectivity index (χ3v) is 5.50. The molecule has 0 unspecified atom stereocenters. The summed E-state index contributed by atoms with van der Waals surface area (Å²) in [5, 5.41) is 22.0. The van der Waals surface area contributed by atoms with E-state index in [0.29, 0.717) is 32.2 Å². The van der Waals surface area contributed by atoms with Gasteiger partial charge in [0.2, 0.25) is 5.91 Å². The summed E-state index contributed by atoms with van der Waals surface area (Å²) >= 11 is 0. The number of benzene rings is 2. The molecule has 0 bridgehead atoms. The van der Waals surface area contributed by atoms with E-state index in [9.17, 15) is 24.6 Å².